The minimum atomic E-state index is -0.146. The first-order valence-corrected chi connectivity index (χ1v) is 9.68. The predicted octanol–water partition coefficient (Wildman–Crippen LogP) is 5.11. The summed E-state index contributed by atoms with van der Waals surface area (Å²) in [4.78, 5) is 20.4. The van der Waals surface area contributed by atoms with Gasteiger partial charge in [-0.05, 0) is 50.1 Å². The lowest BCUT2D eigenvalue weighted by molar-refractivity contribution is -0.140. The van der Waals surface area contributed by atoms with Crippen LogP contribution in [-0.2, 0) is 4.79 Å². The molecule has 4 rings (SSSR count). The fourth-order valence-corrected chi connectivity index (χ4v) is 3.63. The van der Waals surface area contributed by atoms with Gasteiger partial charge in [-0.3, -0.25) is 4.79 Å². The van der Waals surface area contributed by atoms with Gasteiger partial charge in [0.1, 0.15) is 5.82 Å². The molecule has 2 aromatic carbocycles. The van der Waals surface area contributed by atoms with E-state index in [0.29, 0.717) is 18.1 Å². The average molecular weight is 364 g/mol. The number of carbonyl (C=O) groups excluding carboxylic acids is 1. The quantitative estimate of drug-likeness (QED) is 0.504. The van der Waals surface area contributed by atoms with Crippen molar-refractivity contribution in [1.29, 1.82) is 0 Å². The molecule has 27 heavy (non-hydrogen) atoms. The Kier molecular flexibility index (Phi) is 5.10. The number of benzene rings is 2. The smallest absolute Gasteiger partial charge is 0.314 e. The summed E-state index contributed by atoms with van der Waals surface area (Å²) in [5.74, 6) is 1.67. The molecule has 0 bridgehead atoms. The number of fused-ring (bicyclic) bond motifs is 1. The van der Waals surface area contributed by atoms with Gasteiger partial charge in [-0.1, -0.05) is 31.4 Å². The van der Waals surface area contributed by atoms with Crippen LogP contribution in [0.15, 0.2) is 42.5 Å². The van der Waals surface area contributed by atoms with Crippen LogP contribution >= 0.6 is 0 Å². The van der Waals surface area contributed by atoms with Gasteiger partial charge in [-0.2, -0.15) is 0 Å². The molecular weight excluding hydrogens is 340 g/mol. The van der Waals surface area contributed by atoms with Gasteiger partial charge < -0.3 is 14.5 Å². The second kappa shape index (κ2) is 7.82. The van der Waals surface area contributed by atoms with Gasteiger partial charge in [0.15, 0.2) is 11.5 Å². The van der Waals surface area contributed by atoms with Crippen molar-refractivity contribution in [2.75, 3.05) is 6.61 Å². The number of H-pyrrole nitrogens is 1. The topological polar surface area (TPSA) is 64.2 Å². The van der Waals surface area contributed by atoms with E-state index in [0.717, 1.165) is 48.1 Å². The summed E-state index contributed by atoms with van der Waals surface area (Å²) in [5.41, 5.74) is 2.80. The zero-order valence-electron chi connectivity index (χ0n) is 15.5. The van der Waals surface area contributed by atoms with Gasteiger partial charge in [-0.15, -0.1) is 0 Å². The number of esters is 1. The Labute approximate surface area is 158 Å². The van der Waals surface area contributed by atoms with Crippen LogP contribution in [0.25, 0.3) is 22.4 Å². The fraction of sp³-hybridized carbons (Fsp3) is 0.364. The molecule has 1 aromatic heterocycles. The van der Waals surface area contributed by atoms with E-state index in [4.69, 9.17) is 9.47 Å². The van der Waals surface area contributed by atoms with Crippen LogP contribution in [0.4, 0.5) is 0 Å². The molecule has 1 heterocycles. The van der Waals surface area contributed by atoms with Crippen molar-refractivity contribution >= 4 is 17.0 Å². The number of aromatic amines is 1. The van der Waals surface area contributed by atoms with E-state index in [-0.39, 0.29) is 11.9 Å². The number of ether oxygens (including phenoxy) is 2. The van der Waals surface area contributed by atoms with Crippen LogP contribution in [0.2, 0.25) is 0 Å². The molecule has 1 N–H and O–H groups in total. The first-order valence-electron chi connectivity index (χ1n) is 9.68. The monoisotopic (exact) mass is 364 g/mol. The minimum Gasteiger partial charge on any atom is -0.490 e. The lowest BCUT2D eigenvalue weighted by atomic mass is 9.89. The first kappa shape index (κ1) is 17.6. The maximum absolute atomic E-state index is 12.5. The SMILES string of the molecule is CCOc1cc(-c2nc3ccccc3[nH]2)ccc1OC(=O)C1CCCCC1. The highest BCUT2D eigenvalue weighted by atomic mass is 16.6. The Morgan fingerprint density at radius 1 is 1.11 bits per heavy atom. The van der Waals surface area contributed by atoms with Crippen LogP contribution in [0.5, 0.6) is 11.5 Å². The molecule has 0 radical (unpaired) electrons. The van der Waals surface area contributed by atoms with Crippen LogP contribution in [0, 0.1) is 5.92 Å². The van der Waals surface area contributed by atoms with Crippen molar-refractivity contribution in [2.24, 2.45) is 5.92 Å². The number of para-hydroxylation sites is 2. The fourth-order valence-electron chi connectivity index (χ4n) is 3.63. The van der Waals surface area contributed by atoms with Crippen LogP contribution in [0.1, 0.15) is 39.0 Å². The molecule has 3 aromatic rings. The molecule has 1 fully saturated rings. The third kappa shape index (κ3) is 3.82. The van der Waals surface area contributed by atoms with Crippen molar-refractivity contribution in [3.63, 3.8) is 0 Å². The Balaban J connectivity index is 1.60. The van der Waals surface area contributed by atoms with Crippen LogP contribution in [-0.4, -0.2) is 22.5 Å². The van der Waals surface area contributed by atoms with E-state index in [2.05, 4.69) is 9.97 Å². The third-order valence-electron chi connectivity index (χ3n) is 5.06. The molecule has 0 atom stereocenters. The second-order valence-electron chi connectivity index (χ2n) is 6.95. The Morgan fingerprint density at radius 3 is 2.70 bits per heavy atom. The predicted molar refractivity (Wildman–Crippen MR) is 105 cm³/mol. The molecule has 0 unspecified atom stereocenters. The standard InChI is InChI=1S/C22H24N2O3/c1-2-26-20-14-16(21-23-17-10-6-7-11-18(17)24-21)12-13-19(20)27-22(25)15-8-4-3-5-9-15/h6-7,10-15H,2-5,8-9H2,1H3,(H,23,24). The number of rotatable bonds is 5. The molecule has 1 aliphatic carbocycles. The largest absolute Gasteiger partial charge is 0.490 e. The number of nitrogens with zero attached hydrogens (tertiary/aromatic N) is 1. The summed E-state index contributed by atoms with van der Waals surface area (Å²) in [6, 6.07) is 13.5. The molecule has 5 nitrogen and oxygen atoms in total. The lowest BCUT2D eigenvalue weighted by Crippen LogP contribution is -2.23. The minimum absolute atomic E-state index is 0.00303. The summed E-state index contributed by atoms with van der Waals surface area (Å²) in [5, 5.41) is 0. The second-order valence-corrected chi connectivity index (χ2v) is 6.95. The van der Waals surface area contributed by atoms with Crippen molar-refractivity contribution < 1.29 is 14.3 Å². The van der Waals surface area contributed by atoms with E-state index in [9.17, 15) is 4.79 Å². The van der Waals surface area contributed by atoms with Gasteiger partial charge in [0.2, 0.25) is 0 Å². The number of hydrogen-bond acceptors (Lipinski definition) is 4. The van der Waals surface area contributed by atoms with Crippen LogP contribution in [0.3, 0.4) is 0 Å². The maximum atomic E-state index is 12.5. The van der Waals surface area contributed by atoms with Gasteiger partial charge in [-0.25, -0.2) is 4.98 Å². The number of nitrogens with one attached hydrogen (secondary N) is 1. The van der Waals surface area contributed by atoms with E-state index in [1.165, 1.54) is 6.42 Å². The van der Waals surface area contributed by atoms with Gasteiger partial charge in [0.25, 0.3) is 0 Å². The number of hydrogen-bond donors (Lipinski definition) is 1. The van der Waals surface area contributed by atoms with E-state index in [1.807, 2.05) is 43.3 Å². The Bertz CT molecular complexity index is 909. The average Bonchev–Trinajstić information content (AvgIpc) is 3.14. The number of imidazole rings is 1. The van der Waals surface area contributed by atoms with Crippen molar-refractivity contribution in [2.45, 2.75) is 39.0 Å². The highest BCUT2D eigenvalue weighted by Gasteiger charge is 2.24. The highest BCUT2D eigenvalue weighted by Crippen LogP contribution is 2.34. The summed E-state index contributed by atoms with van der Waals surface area (Å²) >= 11 is 0. The van der Waals surface area contributed by atoms with Crippen LogP contribution < -0.4 is 9.47 Å². The molecule has 0 saturated heterocycles. The molecule has 5 heteroatoms. The zero-order valence-corrected chi connectivity index (χ0v) is 15.5. The van der Waals surface area contributed by atoms with Gasteiger partial charge >= 0.3 is 5.97 Å². The van der Waals surface area contributed by atoms with E-state index < -0.39 is 0 Å². The number of aromatic nitrogens is 2. The highest BCUT2D eigenvalue weighted by molar-refractivity contribution is 5.80. The van der Waals surface area contributed by atoms with Gasteiger partial charge in [0.05, 0.1) is 23.6 Å². The van der Waals surface area contributed by atoms with Crippen molar-refractivity contribution in [3.05, 3.63) is 42.5 Å². The van der Waals surface area contributed by atoms with E-state index in [1.54, 1.807) is 6.07 Å². The van der Waals surface area contributed by atoms with Crippen molar-refractivity contribution in [3.8, 4) is 22.9 Å². The molecule has 0 aliphatic heterocycles. The van der Waals surface area contributed by atoms with E-state index >= 15 is 0 Å². The Morgan fingerprint density at radius 2 is 1.93 bits per heavy atom. The third-order valence-corrected chi connectivity index (χ3v) is 5.06. The Hall–Kier alpha value is -2.82. The molecular formula is C22H24N2O3. The maximum Gasteiger partial charge on any atom is 0.314 e. The van der Waals surface area contributed by atoms with Gasteiger partial charge in [0, 0.05) is 5.56 Å². The number of carbonyl (C=O) groups is 1. The summed E-state index contributed by atoms with van der Waals surface area (Å²) in [6.45, 7) is 2.41. The summed E-state index contributed by atoms with van der Waals surface area (Å²) < 4.78 is 11.4. The zero-order chi connectivity index (χ0) is 18.6. The van der Waals surface area contributed by atoms with Crippen molar-refractivity contribution in [1.82, 2.24) is 9.97 Å². The molecule has 1 saturated carbocycles. The summed E-state index contributed by atoms with van der Waals surface area (Å²) in [6.07, 6.45) is 5.24. The molecule has 140 valence electrons. The lowest BCUT2D eigenvalue weighted by Gasteiger charge is -2.20. The molecule has 0 spiro atoms. The first-order chi connectivity index (χ1) is 13.2. The normalized spacial score (nSPS) is 15.0. The molecule has 1 aliphatic rings. The molecule has 0 amide bonds. The summed E-state index contributed by atoms with van der Waals surface area (Å²) in [7, 11) is 0.